The zero-order valence-corrected chi connectivity index (χ0v) is 20.0. The topological polar surface area (TPSA) is 48.3 Å². The van der Waals surface area contributed by atoms with Crippen molar-refractivity contribution in [1.29, 1.82) is 0 Å². The molecule has 0 spiro atoms. The van der Waals surface area contributed by atoms with Crippen molar-refractivity contribution in [3.8, 4) is 11.4 Å². The number of hydrogen-bond donors (Lipinski definition) is 1. The third-order valence-corrected chi connectivity index (χ3v) is 6.69. The minimum Gasteiger partial charge on any atom is -0.496 e. The predicted octanol–water partition coefficient (Wildman–Crippen LogP) is 6.53. The molecule has 2 heterocycles. The third kappa shape index (κ3) is 3.97. The first-order chi connectivity index (χ1) is 17.1. The van der Waals surface area contributed by atoms with E-state index in [0.29, 0.717) is 11.1 Å². The monoisotopic (exact) mass is 499 g/mol. The van der Waals surface area contributed by atoms with Gasteiger partial charge in [0.05, 0.1) is 36.7 Å². The minimum absolute atomic E-state index is 0.243. The van der Waals surface area contributed by atoms with Crippen molar-refractivity contribution in [2.75, 3.05) is 19.0 Å². The molecule has 188 valence electrons. The van der Waals surface area contributed by atoms with Crippen LogP contribution in [0.5, 0.6) is 5.75 Å². The number of nitrogens with zero attached hydrogens (tertiary/aromatic N) is 2. The van der Waals surface area contributed by atoms with Gasteiger partial charge in [-0.3, -0.25) is 0 Å². The number of anilines is 1. The Kier molecular flexibility index (Phi) is 5.70. The molecule has 1 aliphatic heterocycles. The van der Waals surface area contributed by atoms with Gasteiger partial charge in [-0.1, -0.05) is 18.2 Å². The van der Waals surface area contributed by atoms with Crippen LogP contribution in [0.4, 0.5) is 23.2 Å². The van der Waals surface area contributed by atoms with Crippen molar-refractivity contribution in [2.24, 2.45) is 0 Å². The number of hydrogen-bond acceptors (Lipinski definition) is 4. The molecule has 0 amide bonds. The molecule has 1 aliphatic rings. The highest BCUT2D eigenvalue weighted by molar-refractivity contribution is 5.93. The first-order valence-electron chi connectivity index (χ1n) is 11.4. The molecule has 0 aliphatic carbocycles. The Hall–Kier alpha value is -3.59. The molecule has 5 nitrogen and oxygen atoms in total. The first-order valence-corrected chi connectivity index (χ1v) is 11.4. The molecule has 3 aromatic carbocycles. The van der Waals surface area contributed by atoms with Crippen LogP contribution >= 0.6 is 0 Å². The summed E-state index contributed by atoms with van der Waals surface area (Å²) in [5.74, 6) is -0.299. The average Bonchev–Trinajstić information content (AvgIpc) is 3.24. The number of nitrogens with one attached hydrogen (secondary N) is 1. The maximum absolute atomic E-state index is 14.3. The van der Waals surface area contributed by atoms with Crippen LogP contribution in [-0.2, 0) is 10.3 Å². The lowest BCUT2D eigenvalue weighted by Crippen LogP contribution is -2.67. The fourth-order valence-corrected chi connectivity index (χ4v) is 4.99. The van der Waals surface area contributed by atoms with Crippen molar-refractivity contribution < 1.29 is 27.0 Å². The summed E-state index contributed by atoms with van der Waals surface area (Å²) >= 11 is 0. The van der Waals surface area contributed by atoms with Gasteiger partial charge in [-0.25, -0.2) is 9.07 Å². The Balaban J connectivity index is 1.45. The summed E-state index contributed by atoms with van der Waals surface area (Å²) in [5.41, 5.74) is -0.558. The molecule has 9 heteroatoms. The van der Waals surface area contributed by atoms with Crippen molar-refractivity contribution in [2.45, 2.75) is 37.6 Å². The van der Waals surface area contributed by atoms with E-state index in [0.717, 1.165) is 22.8 Å². The second-order valence-corrected chi connectivity index (χ2v) is 9.34. The van der Waals surface area contributed by atoms with Gasteiger partial charge in [0, 0.05) is 23.1 Å². The van der Waals surface area contributed by atoms with Gasteiger partial charge in [-0.15, -0.1) is 0 Å². The van der Waals surface area contributed by atoms with E-state index in [9.17, 15) is 17.6 Å². The minimum atomic E-state index is -4.66. The van der Waals surface area contributed by atoms with Crippen LogP contribution < -0.4 is 10.1 Å². The van der Waals surface area contributed by atoms with Gasteiger partial charge in [-0.05, 0) is 61.9 Å². The molecule has 0 saturated carbocycles. The van der Waals surface area contributed by atoms with E-state index in [1.807, 2.05) is 43.3 Å². The number of aromatic nitrogens is 2. The quantitative estimate of drug-likeness (QED) is 0.307. The highest BCUT2D eigenvalue weighted by Crippen LogP contribution is 2.57. The lowest BCUT2D eigenvalue weighted by molar-refractivity contribution is -0.380. The van der Waals surface area contributed by atoms with Gasteiger partial charge in [0.2, 0.25) is 0 Å². The van der Waals surface area contributed by atoms with Crippen LogP contribution in [0.1, 0.15) is 24.5 Å². The van der Waals surface area contributed by atoms with Crippen LogP contribution in [0.15, 0.2) is 66.9 Å². The molecule has 4 aromatic rings. The van der Waals surface area contributed by atoms with Gasteiger partial charge in [0.25, 0.3) is 0 Å². The summed E-state index contributed by atoms with van der Waals surface area (Å²) in [6.07, 6.45) is -3.42. The number of methoxy groups -OCH3 is 1. The Bertz CT molecular complexity index is 1410. The lowest BCUT2D eigenvalue weighted by atomic mass is 9.75. The fraction of sp³-hybridized carbons (Fsp3) is 0.296. The van der Waals surface area contributed by atoms with Crippen LogP contribution in [0, 0.1) is 12.7 Å². The summed E-state index contributed by atoms with van der Waals surface area (Å²) in [6, 6.07) is 17.0. The number of benzene rings is 3. The van der Waals surface area contributed by atoms with Crippen LogP contribution in [0.3, 0.4) is 0 Å². The highest BCUT2D eigenvalue weighted by Gasteiger charge is 2.68. The van der Waals surface area contributed by atoms with Crippen molar-refractivity contribution in [1.82, 2.24) is 9.78 Å². The summed E-state index contributed by atoms with van der Waals surface area (Å²) < 4.78 is 69.5. The van der Waals surface area contributed by atoms with Gasteiger partial charge in [0.1, 0.15) is 11.6 Å². The molecule has 1 fully saturated rings. The number of para-hydroxylation sites is 1. The van der Waals surface area contributed by atoms with E-state index in [-0.39, 0.29) is 11.3 Å². The molecule has 2 atom stereocenters. The van der Waals surface area contributed by atoms with Crippen molar-refractivity contribution in [3.63, 3.8) is 0 Å². The van der Waals surface area contributed by atoms with E-state index < -0.39 is 36.2 Å². The molecule has 2 unspecified atom stereocenters. The maximum atomic E-state index is 14.3. The van der Waals surface area contributed by atoms with E-state index >= 15 is 0 Å². The van der Waals surface area contributed by atoms with E-state index in [1.54, 1.807) is 16.9 Å². The molecule has 1 aromatic heterocycles. The normalized spacial score (nSPS) is 21.9. The van der Waals surface area contributed by atoms with Gasteiger partial charge in [0.15, 0.2) is 5.60 Å². The number of ether oxygens (including phenoxy) is 2. The molecule has 5 rings (SSSR count). The number of fused-ring (bicyclic) bond motifs is 1. The maximum Gasteiger partial charge on any atom is 0.419 e. The molecule has 36 heavy (non-hydrogen) atoms. The van der Waals surface area contributed by atoms with Gasteiger partial charge < -0.3 is 14.8 Å². The number of halogens is 4. The first kappa shape index (κ1) is 24.1. The highest BCUT2D eigenvalue weighted by atomic mass is 19.4. The van der Waals surface area contributed by atoms with Gasteiger partial charge in [-0.2, -0.15) is 18.3 Å². The number of aryl methyl sites for hydroxylation is 1. The molecule has 1 N–H and O–H groups in total. The average molecular weight is 500 g/mol. The fourth-order valence-electron chi connectivity index (χ4n) is 4.99. The summed E-state index contributed by atoms with van der Waals surface area (Å²) in [5, 5.41) is 8.12. The summed E-state index contributed by atoms with van der Waals surface area (Å²) in [6.45, 7) is 2.88. The third-order valence-electron chi connectivity index (χ3n) is 6.69. The summed E-state index contributed by atoms with van der Waals surface area (Å²) in [4.78, 5) is 0. The second kappa shape index (κ2) is 8.51. The predicted molar refractivity (Wildman–Crippen MR) is 129 cm³/mol. The number of rotatable bonds is 6. The van der Waals surface area contributed by atoms with Crippen LogP contribution in [0.25, 0.3) is 16.6 Å². The molecular weight excluding hydrogens is 474 g/mol. The van der Waals surface area contributed by atoms with Crippen LogP contribution in [0.2, 0.25) is 0 Å². The zero-order chi connectivity index (χ0) is 25.7. The Morgan fingerprint density at radius 3 is 2.50 bits per heavy atom. The van der Waals surface area contributed by atoms with E-state index in [1.165, 1.54) is 26.2 Å². The SMILES string of the molecule is COc1ccc(F)cc1C1(C)CC(CNc2cc(C)cc3c2cnn3-c2ccccc2)(C(F)(F)F)O1. The number of alkyl halides is 3. The lowest BCUT2D eigenvalue weighted by Gasteiger charge is -2.55. The molecule has 1 saturated heterocycles. The van der Waals surface area contributed by atoms with E-state index in [4.69, 9.17) is 9.47 Å². The Labute approximate surface area is 205 Å². The standard InChI is InChI=1S/C27H25F4N3O2/c1-17-11-22(20-14-33-34(23(20)12-17)19-7-5-4-6-8-19)32-16-26(27(29,30)31)15-25(2,36-26)21-13-18(28)9-10-24(21)35-3/h4-14,32H,15-16H2,1-3H3. The smallest absolute Gasteiger partial charge is 0.419 e. The second-order valence-electron chi connectivity index (χ2n) is 9.34. The summed E-state index contributed by atoms with van der Waals surface area (Å²) in [7, 11) is 1.38. The van der Waals surface area contributed by atoms with Crippen molar-refractivity contribution in [3.05, 3.63) is 83.8 Å². The Morgan fingerprint density at radius 1 is 1.11 bits per heavy atom. The molecular formula is C27H25F4N3O2. The molecule has 0 radical (unpaired) electrons. The molecule has 0 bridgehead atoms. The van der Waals surface area contributed by atoms with Crippen LogP contribution in [-0.4, -0.2) is 35.2 Å². The Morgan fingerprint density at radius 2 is 1.83 bits per heavy atom. The zero-order valence-electron chi connectivity index (χ0n) is 20.0. The van der Waals surface area contributed by atoms with E-state index in [2.05, 4.69) is 10.4 Å². The van der Waals surface area contributed by atoms with Crippen molar-refractivity contribution >= 4 is 16.6 Å². The van der Waals surface area contributed by atoms with Gasteiger partial charge >= 0.3 is 6.18 Å². The largest absolute Gasteiger partial charge is 0.496 e.